The Bertz CT molecular complexity index is 809. The van der Waals surface area contributed by atoms with E-state index in [1.54, 1.807) is 0 Å². The van der Waals surface area contributed by atoms with Gasteiger partial charge in [-0.2, -0.15) is 0 Å². The molecule has 0 saturated carbocycles. The number of aromatic amines is 1. The lowest BCUT2D eigenvalue weighted by Gasteiger charge is -2.06. The Hall–Kier alpha value is -2.89. The highest BCUT2D eigenvalue weighted by atomic mass is 16.1. The molecule has 1 aromatic carbocycles. The van der Waals surface area contributed by atoms with Crippen molar-refractivity contribution in [2.75, 3.05) is 11.1 Å². The van der Waals surface area contributed by atoms with Crippen LogP contribution < -0.4 is 11.1 Å². The van der Waals surface area contributed by atoms with Crippen LogP contribution in [0.4, 0.5) is 11.5 Å². The molecule has 0 atom stereocenters. The van der Waals surface area contributed by atoms with E-state index in [1.165, 1.54) is 12.4 Å². The SMILES string of the molecule is CCc1cc2cc(NC(=O)c3nccnc3N)ccc2[nH]1. The van der Waals surface area contributed by atoms with E-state index in [2.05, 4.69) is 33.3 Å². The molecule has 4 N–H and O–H groups in total. The number of fused-ring (bicyclic) bond motifs is 1. The zero-order valence-corrected chi connectivity index (χ0v) is 11.6. The Labute approximate surface area is 121 Å². The summed E-state index contributed by atoms with van der Waals surface area (Å²) in [6, 6.07) is 7.75. The molecule has 0 saturated heterocycles. The number of aryl methyl sites for hydroxylation is 1. The fourth-order valence-corrected chi connectivity index (χ4v) is 2.17. The molecule has 0 aliphatic heterocycles. The van der Waals surface area contributed by atoms with Crippen molar-refractivity contribution in [3.63, 3.8) is 0 Å². The Balaban J connectivity index is 1.87. The molecule has 3 aromatic rings. The summed E-state index contributed by atoms with van der Waals surface area (Å²) in [5.74, 6) is -0.253. The number of benzene rings is 1. The van der Waals surface area contributed by atoms with E-state index in [1.807, 2.05) is 18.2 Å². The van der Waals surface area contributed by atoms with Gasteiger partial charge in [0.2, 0.25) is 0 Å². The molecule has 0 aliphatic carbocycles. The minimum absolute atomic E-state index is 0.117. The second-order valence-electron chi connectivity index (χ2n) is 4.69. The highest BCUT2D eigenvalue weighted by molar-refractivity contribution is 6.06. The number of hydrogen-bond acceptors (Lipinski definition) is 4. The molecule has 0 fully saturated rings. The molecule has 106 valence electrons. The maximum atomic E-state index is 12.1. The summed E-state index contributed by atoms with van der Waals surface area (Å²) >= 11 is 0. The predicted molar refractivity (Wildman–Crippen MR) is 82.1 cm³/mol. The number of nitrogens with two attached hydrogens (primary N) is 1. The van der Waals surface area contributed by atoms with E-state index in [-0.39, 0.29) is 17.4 Å². The normalized spacial score (nSPS) is 10.7. The molecular weight excluding hydrogens is 266 g/mol. The topological polar surface area (TPSA) is 96.7 Å². The lowest BCUT2D eigenvalue weighted by molar-refractivity contribution is 0.102. The first-order valence-electron chi connectivity index (χ1n) is 6.67. The zero-order chi connectivity index (χ0) is 14.8. The highest BCUT2D eigenvalue weighted by Crippen LogP contribution is 2.21. The molecule has 1 amide bonds. The highest BCUT2D eigenvalue weighted by Gasteiger charge is 2.12. The van der Waals surface area contributed by atoms with E-state index >= 15 is 0 Å². The van der Waals surface area contributed by atoms with Crippen LogP contribution in [-0.4, -0.2) is 20.9 Å². The number of nitrogens with zero attached hydrogens (tertiary/aromatic N) is 2. The quantitative estimate of drug-likeness (QED) is 0.686. The molecule has 2 aromatic heterocycles. The van der Waals surface area contributed by atoms with Gasteiger partial charge in [0, 0.05) is 34.7 Å². The largest absolute Gasteiger partial charge is 0.382 e. The molecule has 6 nitrogen and oxygen atoms in total. The standard InChI is InChI=1S/C15H15N5O/c1-2-10-7-9-8-11(3-4-12(9)19-10)20-15(21)13-14(16)18-6-5-17-13/h3-8,19H,2H2,1H3,(H2,16,18)(H,20,21). The van der Waals surface area contributed by atoms with Gasteiger partial charge in [-0.15, -0.1) is 0 Å². The number of H-pyrrole nitrogens is 1. The van der Waals surface area contributed by atoms with Crippen molar-refractivity contribution >= 4 is 28.3 Å². The summed E-state index contributed by atoms with van der Waals surface area (Å²) in [4.78, 5) is 23.2. The van der Waals surface area contributed by atoms with Gasteiger partial charge in [-0.1, -0.05) is 6.92 Å². The van der Waals surface area contributed by atoms with Crippen LogP contribution in [0.3, 0.4) is 0 Å². The van der Waals surface area contributed by atoms with Gasteiger partial charge in [0.05, 0.1) is 0 Å². The van der Waals surface area contributed by atoms with Crippen molar-refractivity contribution in [2.45, 2.75) is 13.3 Å². The monoisotopic (exact) mass is 281 g/mol. The number of hydrogen-bond donors (Lipinski definition) is 3. The van der Waals surface area contributed by atoms with E-state index in [0.29, 0.717) is 5.69 Å². The first-order chi connectivity index (χ1) is 10.2. The minimum atomic E-state index is -0.369. The summed E-state index contributed by atoms with van der Waals surface area (Å²) < 4.78 is 0. The van der Waals surface area contributed by atoms with E-state index in [0.717, 1.165) is 23.0 Å². The average molecular weight is 281 g/mol. The van der Waals surface area contributed by atoms with Gasteiger partial charge >= 0.3 is 0 Å². The first-order valence-corrected chi connectivity index (χ1v) is 6.67. The molecule has 3 rings (SSSR count). The lowest BCUT2D eigenvalue weighted by Crippen LogP contribution is -2.16. The van der Waals surface area contributed by atoms with Gasteiger partial charge in [-0.3, -0.25) is 4.79 Å². The smallest absolute Gasteiger partial charge is 0.278 e. The molecule has 0 unspecified atom stereocenters. The number of amides is 1. The van der Waals surface area contributed by atoms with Gasteiger partial charge < -0.3 is 16.0 Å². The predicted octanol–water partition coefficient (Wildman–Crippen LogP) is 2.35. The van der Waals surface area contributed by atoms with Crippen molar-refractivity contribution in [3.05, 3.63) is 48.0 Å². The molecule has 6 heteroatoms. The molecule has 0 bridgehead atoms. The lowest BCUT2D eigenvalue weighted by atomic mass is 10.2. The van der Waals surface area contributed by atoms with Crippen molar-refractivity contribution in [1.29, 1.82) is 0 Å². The maximum absolute atomic E-state index is 12.1. The third-order valence-electron chi connectivity index (χ3n) is 3.26. The Morgan fingerprint density at radius 2 is 2.10 bits per heavy atom. The van der Waals surface area contributed by atoms with Crippen LogP contribution in [0.15, 0.2) is 36.7 Å². The summed E-state index contributed by atoms with van der Waals surface area (Å²) in [5, 5.41) is 3.84. The van der Waals surface area contributed by atoms with Crippen LogP contribution in [0.5, 0.6) is 0 Å². The van der Waals surface area contributed by atoms with E-state index in [4.69, 9.17) is 5.73 Å². The summed E-state index contributed by atoms with van der Waals surface area (Å²) in [5.41, 5.74) is 8.67. The molecule has 2 heterocycles. The fraction of sp³-hybridized carbons (Fsp3) is 0.133. The van der Waals surface area contributed by atoms with Crippen LogP contribution in [-0.2, 0) is 6.42 Å². The van der Waals surface area contributed by atoms with E-state index < -0.39 is 0 Å². The number of rotatable bonds is 3. The number of carbonyl (C=O) groups excluding carboxylic acids is 1. The van der Waals surface area contributed by atoms with Crippen LogP contribution >= 0.6 is 0 Å². The van der Waals surface area contributed by atoms with Crippen LogP contribution in [0.2, 0.25) is 0 Å². The molecule has 0 spiro atoms. The second kappa shape index (κ2) is 5.24. The molecule has 0 radical (unpaired) electrons. The van der Waals surface area contributed by atoms with Gasteiger partial charge in [0.1, 0.15) is 0 Å². The number of aromatic nitrogens is 3. The zero-order valence-electron chi connectivity index (χ0n) is 11.6. The third kappa shape index (κ3) is 2.55. The van der Waals surface area contributed by atoms with Crippen LogP contribution in [0.25, 0.3) is 10.9 Å². The van der Waals surface area contributed by atoms with Gasteiger partial charge in [0.25, 0.3) is 5.91 Å². The molecular formula is C15H15N5O. The van der Waals surface area contributed by atoms with Gasteiger partial charge in [-0.25, -0.2) is 9.97 Å². The average Bonchev–Trinajstić information content (AvgIpc) is 2.90. The number of nitrogens with one attached hydrogen (secondary N) is 2. The van der Waals surface area contributed by atoms with Crippen LogP contribution in [0, 0.1) is 0 Å². The van der Waals surface area contributed by atoms with Gasteiger partial charge in [0.15, 0.2) is 11.5 Å². The number of carbonyl (C=O) groups is 1. The van der Waals surface area contributed by atoms with Crippen molar-refractivity contribution in [3.8, 4) is 0 Å². The van der Waals surface area contributed by atoms with Crippen molar-refractivity contribution in [2.24, 2.45) is 0 Å². The van der Waals surface area contributed by atoms with Gasteiger partial charge in [-0.05, 0) is 30.7 Å². The van der Waals surface area contributed by atoms with Crippen molar-refractivity contribution in [1.82, 2.24) is 15.0 Å². The number of nitrogen functional groups attached to an aromatic ring is 1. The first kappa shape index (κ1) is 13.1. The maximum Gasteiger partial charge on any atom is 0.278 e. The number of anilines is 2. The fourth-order valence-electron chi connectivity index (χ4n) is 2.17. The Morgan fingerprint density at radius 3 is 2.86 bits per heavy atom. The van der Waals surface area contributed by atoms with E-state index in [9.17, 15) is 4.79 Å². The summed E-state index contributed by atoms with van der Waals surface area (Å²) in [6.07, 6.45) is 3.82. The summed E-state index contributed by atoms with van der Waals surface area (Å²) in [6.45, 7) is 2.09. The third-order valence-corrected chi connectivity index (χ3v) is 3.26. The van der Waals surface area contributed by atoms with Crippen LogP contribution in [0.1, 0.15) is 23.1 Å². The summed E-state index contributed by atoms with van der Waals surface area (Å²) in [7, 11) is 0. The Kier molecular flexibility index (Phi) is 3.27. The molecule has 21 heavy (non-hydrogen) atoms. The second-order valence-corrected chi connectivity index (χ2v) is 4.69. The molecule has 0 aliphatic rings. The Morgan fingerprint density at radius 1 is 1.29 bits per heavy atom. The minimum Gasteiger partial charge on any atom is -0.382 e. The van der Waals surface area contributed by atoms with Crippen molar-refractivity contribution < 1.29 is 4.79 Å².